The van der Waals surface area contributed by atoms with Crippen LogP contribution in [0, 0.1) is 10.1 Å². The van der Waals surface area contributed by atoms with Gasteiger partial charge in [-0.15, -0.1) is 0 Å². The zero-order valence-electron chi connectivity index (χ0n) is 8.98. The largest absolute Gasteiger partial charge is 0.393 e. The lowest BCUT2D eigenvalue weighted by atomic mass is 10.2. The minimum absolute atomic E-state index is 0.00519. The second kappa shape index (κ2) is 4.38. The van der Waals surface area contributed by atoms with E-state index in [4.69, 9.17) is 5.73 Å². The quantitative estimate of drug-likeness (QED) is 0.467. The van der Waals surface area contributed by atoms with E-state index in [1.165, 1.54) is 12.8 Å². The molecule has 1 aliphatic carbocycles. The summed E-state index contributed by atoms with van der Waals surface area (Å²) in [7, 11) is 0. The fourth-order valence-corrected chi connectivity index (χ4v) is 2.17. The third-order valence-electron chi connectivity index (χ3n) is 2.96. The molecular weight excluding hydrogens is 206 g/mol. The maximum absolute atomic E-state index is 10.9. The Kier molecular flexibility index (Phi) is 2.94. The highest BCUT2D eigenvalue weighted by Gasteiger charge is 2.21. The van der Waals surface area contributed by atoms with Gasteiger partial charge in [0.2, 0.25) is 0 Å². The number of nitro groups is 1. The van der Waals surface area contributed by atoms with Crippen molar-refractivity contribution in [3.05, 3.63) is 28.3 Å². The van der Waals surface area contributed by atoms with Crippen molar-refractivity contribution < 1.29 is 4.92 Å². The number of nitrogen functional groups attached to an aromatic ring is 1. The molecule has 86 valence electrons. The van der Waals surface area contributed by atoms with Gasteiger partial charge in [0.15, 0.2) is 0 Å². The number of para-hydroxylation sites is 1. The zero-order chi connectivity index (χ0) is 11.5. The molecule has 0 unspecified atom stereocenters. The van der Waals surface area contributed by atoms with Crippen LogP contribution >= 0.6 is 0 Å². The van der Waals surface area contributed by atoms with Crippen molar-refractivity contribution >= 4 is 17.1 Å². The van der Waals surface area contributed by atoms with Gasteiger partial charge in [-0.25, -0.2) is 0 Å². The Balaban J connectivity index is 2.25. The third kappa shape index (κ3) is 2.08. The Hall–Kier alpha value is -1.78. The summed E-state index contributed by atoms with van der Waals surface area (Å²) in [6.45, 7) is 0. The summed E-state index contributed by atoms with van der Waals surface area (Å²) >= 11 is 0. The number of nitro benzene ring substituents is 1. The van der Waals surface area contributed by atoms with Gasteiger partial charge in [0, 0.05) is 6.04 Å². The SMILES string of the molecule is Nc1cccc(NC2CCCC2)c1[N+](=O)[O-]. The van der Waals surface area contributed by atoms with E-state index < -0.39 is 4.92 Å². The molecule has 0 radical (unpaired) electrons. The van der Waals surface area contributed by atoms with E-state index in [0.717, 1.165) is 12.8 Å². The average Bonchev–Trinajstić information content (AvgIpc) is 2.70. The number of nitrogens with zero attached hydrogens (tertiary/aromatic N) is 1. The van der Waals surface area contributed by atoms with Crippen molar-refractivity contribution in [2.75, 3.05) is 11.1 Å². The first-order valence-corrected chi connectivity index (χ1v) is 5.48. The molecule has 1 aromatic carbocycles. The number of hydrogen-bond acceptors (Lipinski definition) is 4. The topological polar surface area (TPSA) is 81.2 Å². The lowest BCUT2D eigenvalue weighted by molar-refractivity contribution is -0.383. The van der Waals surface area contributed by atoms with Crippen LogP contribution in [0.1, 0.15) is 25.7 Å². The number of hydrogen-bond donors (Lipinski definition) is 2. The summed E-state index contributed by atoms with van der Waals surface area (Å²) in [6.07, 6.45) is 4.53. The van der Waals surface area contributed by atoms with Crippen LogP contribution in [-0.2, 0) is 0 Å². The first-order valence-electron chi connectivity index (χ1n) is 5.48. The van der Waals surface area contributed by atoms with Crippen LogP contribution in [0.3, 0.4) is 0 Å². The van der Waals surface area contributed by atoms with E-state index >= 15 is 0 Å². The molecule has 0 amide bonds. The summed E-state index contributed by atoms with van der Waals surface area (Å²) in [5, 5.41) is 14.1. The fraction of sp³-hybridized carbons (Fsp3) is 0.455. The van der Waals surface area contributed by atoms with Gasteiger partial charge in [-0.05, 0) is 25.0 Å². The monoisotopic (exact) mass is 221 g/mol. The zero-order valence-corrected chi connectivity index (χ0v) is 8.98. The summed E-state index contributed by atoms with van der Waals surface area (Å²) in [5.41, 5.74) is 6.36. The summed E-state index contributed by atoms with van der Waals surface area (Å²) in [5.74, 6) is 0. The van der Waals surface area contributed by atoms with Gasteiger partial charge < -0.3 is 11.1 Å². The van der Waals surface area contributed by atoms with Crippen molar-refractivity contribution in [2.45, 2.75) is 31.7 Å². The molecule has 0 saturated heterocycles. The second-order valence-electron chi connectivity index (χ2n) is 4.13. The van der Waals surface area contributed by atoms with E-state index in [1.54, 1.807) is 18.2 Å². The van der Waals surface area contributed by atoms with Crippen LogP contribution in [0.5, 0.6) is 0 Å². The molecule has 0 spiro atoms. The predicted molar refractivity (Wildman–Crippen MR) is 63.4 cm³/mol. The molecule has 0 heterocycles. The maximum Gasteiger partial charge on any atom is 0.314 e. The highest BCUT2D eigenvalue weighted by atomic mass is 16.6. The molecule has 1 aromatic rings. The Morgan fingerprint density at radius 2 is 2.06 bits per heavy atom. The molecule has 1 aliphatic rings. The van der Waals surface area contributed by atoms with Crippen LogP contribution in [0.15, 0.2) is 18.2 Å². The van der Waals surface area contributed by atoms with Gasteiger partial charge >= 0.3 is 5.69 Å². The number of nitrogens with two attached hydrogens (primary N) is 1. The van der Waals surface area contributed by atoms with E-state index in [9.17, 15) is 10.1 Å². The number of rotatable bonds is 3. The third-order valence-corrected chi connectivity index (χ3v) is 2.96. The van der Waals surface area contributed by atoms with Gasteiger partial charge in [0.25, 0.3) is 0 Å². The molecule has 5 heteroatoms. The maximum atomic E-state index is 10.9. The minimum atomic E-state index is -0.424. The van der Waals surface area contributed by atoms with E-state index in [2.05, 4.69) is 5.32 Å². The van der Waals surface area contributed by atoms with Gasteiger partial charge in [-0.3, -0.25) is 10.1 Å². The van der Waals surface area contributed by atoms with Crippen LogP contribution in [-0.4, -0.2) is 11.0 Å². The summed E-state index contributed by atoms with van der Waals surface area (Å²) < 4.78 is 0. The first-order chi connectivity index (χ1) is 7.68. The molecule has 0 bridgehead atoms. The first kappa shape index (κ1) is 10.7. The van der Waals surface area contributed by atoms with E-state index in [0.29, 0.717) is 11.7 Å². The predicted octanol–water partition coefficient (Wildman–Crippen LogP) is 2.53. The fourth-order valence-electron chi connectivity index (χ4n) is 2.17. The highest BCUT2D eigenvalue weighted by molar-refractivity contribution is 5.74. The minimum Gasteiger partial charge on any atom is -0.393 e. The molecule has 0 aliphatic heterocycles. The molecule has 5 nitrogen and oxygen atoms in total. The smallest absolute Gasteiger partial charge is 0.314 e. The second-order valence-corrected chi connectivity index (χ2v) is 4.13. The Morgan fingerprint density at radius 1 is 1.38 bits per heavy atom. The number of anilines is 2. The van der Waals surface area contributed by atoms with Crippen molar-refractivity contribution in [3.63, 3.8) is 0 Å². The van der Waals surface area contributed by atoms with Crippen molar-refractivity contribution in [3.8, 4) is 0 Å². The van der Waals surface area contributed by atoms with Crippen LogP contribution in [0.4, 0.5) is 17.1 Å². The van der Waals surface area contributed by atoms with Gasteiger partial charge in [-0.1, -0.05) is 18.9 Å². The molecule has 3 N–H and O–H groups in total. The lowest BCUT2D eigenvalue weighted by Gasteiger charge is -2.13. The Bertz CT molecular complexity index is 400. The lowest BCUT2D eigenvalue weighted by Crippen LogP contribution is -2.15. The van der Waals surface area contributed by atoms with Crippen LogP contribution in [0.2, 0.25) is 0 Å². The van der Waals surface area contributed by atoms with E-state index in [1.807, 2.05) is 0 Å². The molecule has 1 saturated carbocycles. The Labute approximate surface area is 93.8 Å². The van der Waals surface area contributed by atoms with E-state index in [-0.39, 0.29) is 11.4 Å². The molecular formula is C11H15N3O2. The van der Waals surface area contributed by atoms with Gasteiger partial charge in [0.05, 0.1) is 4.92 Å². The summed E-state index contributed by atoms with van der Waals surface area (Å²) in [6, 6.07) is 5.35. The summed E-state index contributed by atoms with van der Waals surface area (Å²) in [4.78, 5) is 10.5. The van der Waals surface area contributed by atoms with Gasteiger partial charge in [-0.2, -0.15) is 0 Å². The molecule has 2 rings (SSSR count). The van der Waals surface area contributed by atoms with Crippen molar-refractivity contribution in [2.24, 2.45) is 0 Å². The average molecular weight is 221 g/mol. The van der Waals surface area contributed by atoms with Crippen LogP contribution in [0.25, 0.3) is 0 Å². The number of benzene rings is 1. The van der Waals surface area contributed by atoms with Gasteiger partial charge in [0.1, 0.15) is 11.4 Å². The molecule has 0 atom stereocenters. The van der Waals surface area contributed by atoms with Crippen LogP contribution < -0.4 is 11.1 Å². The van der Waals surface area contributed by atoms with Crippen molar-refractivity contribution in [1.29, 1.82) is 0 Å². The van der Waals surface area contributed by atoms with Crippen molar-refractivity contribution in [1.82, 2.24) is 0 Å². The molecule has 1 fully saturated rings. The standard InChI is InChI=1S/C11H15N3O2/c12-9-6-3-7-10(11(9)14(15)16)13-8-4-1-2-5-8/h3,6-8,13H,1-2,4-5,12H2. The molecule has 16 heavy (non-hydrogen) atoms. The molecule has 0 aromatic heterocycles. The number of nitrogens with one attached hydrogen (secondary N) is 1. The Morgan fingerprint density at radius 3 is 2.69 bits per heavy atom. The normalized spacial score (nSPS) is 16.2. The highest BCUT2D eigenvalue weighted by Crippen LogP contribution is 2.32.